The third-order valence-electron chi connectivity index (χ3n) is 4.69. The fourth-order valence-corrected chi connectivity index (χ4v) is 4.33. The topological polar surface area (TPSA) is 46.1 Å². The van der Waals surface area contributed by atoms with Gasteiger partial charge < -0.3 is 19.7 Å². The molecule has 1 aromatic rings. The van der Waals surface area contributed by atoms with Crippen molar-refractivity contribution in [2.75, 3.05) is 39.4 Å². The van der Waals surface area contributed by atoms with Crippen molar-refractivity contribution in [2.45, 2.75) is 49.0 Å². The summed E-state index contributed by atoms with van der Waals surface area (Å²) in [6.45, 7) is 9.38. The molecule has 1 aromatic carbocycles. The van der Waals surface area contributed by atoms with Crippen molar-refractivity contribution in [3.05, 3.63) is 30.3 Å². The standard InChI is InChI=1S/C20H31N3O2S/c1-3-21-20(22-14-16(2)26-17-8-5-4-6-9-17)23-11-13-25-19(15-23)18-10-7-12-24-18/h4-6,8-9,16,18-19H,3,7,10-15H2,1-2H3,(H,21,22). The van der Waals surface area contributed by atoms with E-state index in [0.717, 1.165) is 58.2 Å². The molecule has 0 aliphatic carbocycles. The van der Waals surface area contributed by atoms with Crippen molar-refractivity contribution in [1.82, 2.24) is 10.2 Å². The Hall–Kier alpha value is -1.24. The van der Waals surface area contributed by atoms with Gasteiger partial charge in [0.1, 0.15) is 6.10 Å². The molecule has 0 saturated carbocycles. The van der Waals surface area contributed by atoms with Crippen LogP contribution in [0.2, 0.25) is 0 Å². The monoisotopic (exact) mass is 377 g/mol. The molecular formula is C20H31N3O2S. The molecule has 0 amide bonds. The van der Waals surface area contributed by atoms with E-state index in [1.165, 1.54) is 4.90 Å². The highest BCUT2D eigenvalue weighted by atomic mass is 32.2. The van der Waals surface area contributed by atoms with Crippen molar-refractivity contribution < 1.29 is 9.47 Å². The number of hydrogen-bond acceptors (Lipinski definition) is 4. The number of nitrogens with zero attached hydrogens (tertiary/aromatic N) is 2. The number of thioether (sulfide) groups is 1. The van der Waals surface area contributed by atoms with Gasteiger partial charge in [0, 0.05) is 36.4 Å². The lowest BCUT2D eigenvalue weighted by Gasteiger charge is -2.37. The van der Waals surface area contributed by atoms with Gasteiger partial charge in [0.15, 0.2) is 5.96 Å². The quantitative estimate of drug-likeness (QED) is 0.469. The van der Waals surface area contributed by atoms with Gasteiger partial charge in [0.05, 0.1) is 19.3 Å². The zero-order chi connectivity index (χ0) is 18.2. The number of guanidine groups is 1. The fraction of sp³-hybridized carbons (Fsp3) is 0.650. The van der Waals surface area contributed by atoms with E-state index in [0.29, 0.717) is 5.25 Å². The molecule has 2 aliphatic rings. The molecule has 2 heterocycles. The molecule has 1 N–H and O–H groups in total. The molecule has 144 valence electrons. The number of hydrogen-bond donors (Lipinski definition) is 1. The van der Waals surface area contributed by atoms with E-state index in [-0.39, 0.29) is 12.2 Å². The van der Waals surface area contributed by atoms with Gasteiger partial charge in [-0.15, -0.1) is 11.8 Å². The minimum Gasteiger partial charge on any atom is -0.375 e. The zero-order valence-corrected chi connectivity index (χ0v) is 16.7. The highest BCUT2D eigenvalue weighted by Gasteiger charge is 2.32. The molecule has 2 fully saturated rings. The van der Waals surface area contributed by atoms with Crippen LogP contribution in [0, 0.1) is 0 Å². The third-order valence-corrected chi connectivity index (χ3v) is 5.78. The molecule has 26 heavy (non-hydrogen) atoms. The first kappa shape index (κ1) is 19.5. The number of morpholine rings is 1. The van der Waals surface area contributed by atoms with E-state index in [1.807, 2.05) is 11.8 Å². The van der Waals surface area contributed by atoms with Gasteiger partial charge >= 0.3 is 0 Å². The lowest BCUT2D eigenvalue weighted by Crippen LogP contribution is -2.53. The molecule has 3 atom stereocenters. The van der Waals surface area contributed by atoms with Crippen LogP contribution in [0.15, 0.2) is 40.2 Å². The van der Waals surface area contributed by atoms with Crippen LogP contribution in [0.1, 0.15) is 26.7 Å². The normalized spacial score (nSPS) is 25.3. The van der Waals surface area contributed by atoms with E-state index >= 15 is 0 Å². The fourth-order valence-electron chi connectivity index (χ4n) is 3.40. The van der Waals surface area contributed by atoms with Crippen LogP contribution in [0.5, 0.6) is 0 Å². The summed E-state index contributed by atoms with van der Waals surface area (Å²) < 4.78 is 11.8. The summed E-state index contributed by atoms with van der Waals surface area (Å²) in [5.74, 6) is 0.999. The Bertz CT molecular complexity index is 563. The van der Waals surface area contributed by atoms with Gasteiger partial charge in [-0.25, -0.2) is 0 Å². The first-order valence-corrected chi connectivity index (χ1v) is 10.6. The summed E-state index contributed by atoms with van der Waals surface area (Å²) in [6, 6.07) is 10.5. The van der Waals surface area contributed by atoms with Crippen molar-refractivity contribution in [3.8, 4) is 0 Å². The molecule has 0 bridgehead atoms. The van der Waals surface area contributed by atoms with Gasteiger partial charge in [0.25, 0.3) is 0 Å². The lowest BCUT2D eigenvalue weighted by molar-refractivity contribution is -0.0817. The Balaban J connectivity index is 1.57. The van der Waals surface area contributed by atoms with Crippen molar-refractivity contribution >= 4 is 17.7 Å². The molecule has 6 heteroatoms. The minimum atomic E-state index is 0.159. The molecule has 0 aromatic heterocycles. The van der Waals surface area contributed by atoms with Crippen LogP contribution < -0.4 is 5.32 Å². The third kappa shape index (κ3) is 5.63. The van der Waals surface area contributed by atoms with Crippen LogP contribution in [0.3, 0.4) is 0 Å². The molecule has 3 rings (SSSR count). The number of ether oxygens (including phenoxy) is 2. The second-order valence-corrected chi connectivity index (χ2v) is 8.35. The summed E-state index contributed by atoms with van der Waals surface area (Å²) >= 11 is 1.87. The first-order chi connectivity index (χ1) is 12.8. The highest BCUT2D eigenvalue weighted by Crippen LogP contribution is 2.23. The largest absolute Gasteiger partial charge is 0.375 e. The van der Waals surface area contributed by atoms with Gasteiger partial charge in [0.2, 0.25) is 0 Å². The van der Waals surface area contributed by atoms with E-state index in [2.05, 4.69) is 54.4 Å². The maximum absolute atomic E-state index is 5.97. The van der Waals surface area contributed by atoms with E-state index < -0.39 is 0 Å². The lowest BCUT2D eigenvalue weighted by atomic mass is 10.1. The van der Waals surface area contributed by atoms with Crippen LogP contribution in [-0.2, 0) is 9.47 Å². The number of nitrogens with one attached hydrogen (secondary N) is 1. The van der Waals surface area contributed by atoms with Crippen molar-refractivity contribution in [1.29, 1.82) is 0 Å². The molecule has 0 spiro atoms. The highest BCUT2D eigenvalue weighted by molar-refractivity contribution is 8.00. The minimum absolute atomic E-state index is 0.159. The van der Waals surface area contributed by atoms with Gasteiger partial charge in [-0.05, 0) is 31.9 Å². The maximum atomic E-state index is 5.97. The average molecular weight is 378 g/mol. The van der Waals surface area contributed by atoms with Gasteiger partial charge in [-0.2, -0.15) is 0 Å². The van der Waals surface area contributed by atoms with Crippen molar-refractivity contribution in [3.63, 3.8) is 0 Å². The van der Waals surface area contributed by atoms with E-state index in [9.17, 15) is 0 Å². The molecule has 2 saturated heterocycles. The molecular weight excluding hydrogens is 346 g/mol. The maximum Gasteiger partial charge on any atom is 0.194 e. The second kappa shape index (κ2) is 10.2. The number of rotatable bonds is 6. The summed E-state index contributed by atoms with van der Waals surface area (Å²) in [4.78, 5) is 8.54. The van der Waals surface area contributed by atoms with E-state index in [1.54, 1.807) is 0 Å². The van der Waals surface area contributed by atoms with Crippen LogP contribution in [-0.4, -0.2) is 67.7 Å². The van der Waals surface area contributed by atoms with Gasteiger partial charge in [-0.1, -0.05) is 25.1 Å². The van der Waals surface area contributed by atoms with Crippen molar-refractivity contribution in [2.24, 2.45) is 4.99 Å². The summed E-state index contributed by atoms with van der Waals surface area (Å²) in [5.41, 5.74) is 0. The Labute approximate surface area is 161 Å². The van der Waals surface area contributed by atoms with Crippen LogP contribution in [0.4, 0.5) is 0 Å². The molecule has 2 aliphatic heterocycles. The Morgan fingerprint density at radius 1 is 1.27 bits per heavy atom. The second-order valence-electron chi connectivity index (χ2n) is 6.84. The molecule has 3 unspecified atom stereocenters. The Morgan fingerprint density at radius 3 is 2.81 bits per heavy atom. The summed E-state index contributed by atoms with van der Waals surface area (Å²) in [7, 11) is 0. The zero-order valence-electron chi connectivity index (χ0n) is 15.9. The first-order valence-electron chi connectivity index (χ1n) is 9.74. The van der Waals surface area contributed by atoms with Crippen LogP contribution in [0.25, 0.3) is 0 Å². The smallest absolute Gasteiger partial charge is 0.194 e. The van der Waals surface area contributed by atoms with Crippen LogP contribution >= 0.6 is 11.8 Å². The number of aliphatic imine (C=N–C) groups is 1. The average Bonchev–Trinajstić information content (AvgIpc) is 3.21. The van der Waals surface area contributed by atoms with E-state index in [4.69, 9.17) is 14.5 Å². The SMILES string of the molecule is CCNC(=NCC(C)Sc1ccccc1)N1CCOC(C2CCCO2)C1. The summed E-state index contributed by atoms with van der Waals surface area (Å²) in [6.07, 6.45) is 2.66. The molecule has 5 nitrogen and oxygen atoms in total. The predicted octanol–water partition coefficient (Wildman–Crippen LogP) is 3.01. The Morgan fingerprint density at radius 2 is 2.08 bits per heavy atom. The Kier molecular flexibility index (Phi) is 7.65. The summed E-state index contributed by atoms with van der Waals surface area (Å²) in [5, 5.41) is 3.88. The van der Waals surface area contributed by atoms with Gasteiger partial charge in [-0.3, -0.25) is 4.99 Å². The predicted molar refractivity (Wildman–Crippen MR) is 108 cm³/mol. The number of benzene rings is 1. The molecule has 0 radical (unpaired) electrons.